The molecule has 112 valence electrons. The van der Waals surface area contributed by atoms with Gasteiger partial charge >= 0.3 is 0 Å². The number of rotatable bonds is 4. The molecule has 3 rings (SSSR count). The first kappa shape index (κ1) is 14.5. The van der Waals surface area contributed by atoms with Crippen molar-refractivity contribution in [2.24, 2.45) is 0 Å². The molecule has 1 aromatic heterocycles. The Hall–Kier alpha value is -2.40. The summed E-state index contributed by atoms with van der Waals surface area (Å²) >= 11 is 1.62. The van der Waals surface area contributed by atoms with Crippen molar-refractivity contribution in [3.8, 4) is 0 Å². The molecule has 0 saturated carbocycles. The van der Waals surface area contributed by atoms with Crippen LogP contribution in [0, 0.1) is 0 Å². The number of imidazole rings is 1. The summed E-state index contributed by atoms with van der Waals surface area (Å²) in [5, 5.41) is 0.962. The molecule has 0 aliphatic rings. The summed E-state index contributed by atoms with van der Waals surface area (Å²) in [5.41, 5.74) is 15.3. The SMILES string of the molecule is CSc1nccn1C(c1ccccc1)c1ccc(N)c(N)c1. The first-order valence-electron chi connectivity index (χ1n) is 6.97. The number of benzene rings is 2. The maximum atomic E-state index is 6.01. The van der Waals surface area contributed by atoms with E-state index < -0.39 is 0 Å². The zero-order valence-corrected chi connectivity index (χ0v) is 13.1. The Morgan fingerprint density at radius 1 is 1.00 bits per heavy atom. The number of nitrogens with two attached hydrogens (primary N) is 2. The summed E-state index contributed by atoms with van der Waals surface area (Å²) in [5.74, 6) is 0. The van der Waals surface area contributed by atoms with Crippen molar-refractivity contribution in [1.82, 2.24) is 9.55 Å². The number of thioether (sulfide) groups is 1. The van der Waals surface area contributed by atoms with E-state index in [-0.39, 0.29) is 6.04 Å². The van der Waals surface area contributed by atoms with Crippen LogP contribution in [0.4, 0.5) is 11.4 Å². The van der Waals surface area contributed by atoms with E-state index in [1.807, 2.05) is 55.0 Å². The van der Waals surface area contributed by atoms with Gasteiger partial charge in [-0.3, -0.25) is 0 Å². The predicted molar refractivity (Wildman–Crippen MR) is 93.0 cm³/mol. The average Bonchev–Trinajstić information content (AvgIpc) is 3.00. The van der Waals surface area contributed by atoms with Crippen molar-refractivity contribution in [3.63, 3.8) is 0 Å². The Kier molecular flexibility index (Phi) is 4.06. The third-order valence-corrected chi connectivity index (χ3v) is 4.32. The maximum absolute atomic E-state index is 6.01. The number of hydrogen-bond donors (Lipinski definition) is 2. The molecule has 1 heterocycles. The topological polar surface area (TPSA) is 69.9 Å². The van der Waals surface area contributed by atoms with Crippen molar-refractivity contribution < 1.29 is 0 Å². The second-order valence-electron chi connectivity index (χ2n) is 5.02. The number of anilines is 2. The molecule has 0 aliphatic heterocycles. The van der Waals surface area contributed by atoms with E-state index in [9.17, 15) is 0 Å². The van der Waals surface area contributed by atoms with Gasteiger partial charge < -0.3 is 16.0 Å². The fourth-order valence-electron chi connectivity index (χ4n) is 2.57. The van der Waals surface area contributed by atoms with Crippen LogP contribution in [0.15, 0.2) is 66.1 Å². The lowest BCUT2D eigenvalue weighted by Crippen LogP contribution is -2.13. The van der Waals surface area contributed by atoms with Gasteiger partial charge in [-0.2, -0.15) is 0 Å². The Morgan fingerprint density at radius 2 is 1.77 bits per heavy atom. The lowest BCUT2D eigenvalue weighted by atomic mass is 9.97. The highest BCUT2D eigenvalue weighted by molar-refractivity contribution is 7.98. The largest absolute Gasteiger partial charge is 0.397 e. The molecule has 3 aromatic rings. The zero-order chi connectivity index (χ0) is 15.5. The summed E-state index contributed by atoms with van der Waals surface area (Å²) in [7, 11) is 0. The molecule has 1 atom stereocenters. The van der Waals surface area contributed by atoms with Crippen LogP contribution in [0.5, 0.6) is 0 Å². The minimum Gasteiger partial charge on any atom is -0.397 e. The van der Waals surface area contributed by atoms with Crippen molar-refractivity contribution in [2.75, 3.05) is 17.7 Å². The molecule has 5 heteroatoms. The van der Waals surface area contributed by atoms with E-state index in [0.717, 1.165) is 10.7 Å². The van der Waals surface area contributed by atoms with Crippen molar-refractivity contribution in [3.05, 3.63) is 72.1 Å². The van der Waals surface area contributed by atoms with Gasteiger partial charge in [-0.1, -0.05) is 48.2 Å². The minimum absolute atomic E-state index is 0.0223. The van der Waals surface area contributed by atoms with E-state index in [2.05, 4.69) is 21.7 Å². The van der Waals surface area contributed by atoms with Gasteiger partial charge in [0.1, 0.15) is 0 Å². The smallest absolute Gasteiger partial charge is 0.168 e. The van der Waals surface area contributed by atoms with E-state index in [0.29, 0.717) is 11.4 Å². The van der Waals surface area contributed by atoms with E-state index in [1.165, 1.54) is 5.56 Å². The summed E-state index contributed by atoms with van der Waals surface area (Å²) in [6.45, 7) is 0. The summed E-state index contributed by atoms with van der Waals surface area (Å²) in [4.78, 5) is 4.42. The Bertz CT molecular complexity index is 767. The van der Waals surface area contributed by atoms with Gasteiger partial charge in [0.05, 0.1) is 17.4 Å². The number of nitrogens with zero attached hydrogens (tertiary/aromatic N) is 2. The van der Waals surface area contributed by atoms with E-state index >= 15 is 0 Å². The third-order valence-electron chi connectivity index (χ3n) is 3.64. The standard InChI is InChI=1S/C17H18N4S/c1-22-17-20-9-10-21(17)16(12-5-3-2-4-6-12)13-7-8-14(18)15(19)11-13/h2-11,16H,18-19H2,1H3. The quantitative estimate of drug-likeness (QED) is 0.572. The Labute approximate surface area is 134 Å². The van der Waals surface area contributed by atoms with Gasteiger partial charge in [0, 0.05) is 12.4 Å². The molecule has 0 fully saturated rings. The average molecular weight is 310 g/mol. The van der Waals surface area contributed by atoms with Gasteiger partial charge in [0.2, 0.25) is 0 Å². The molecular weight excluding hydrogens is 292 g/mol. The molecule has 0 bridgehead atoms. The molecule has 22 heavy (non-hydrogen) atoms. The molecule has 1 unspecified atom stereocenters. The molecular formula is C17H18N4S. The van der Waals surface area contributed by atoms with E-state index in [1.54, 1.807) is 11.8 Å². The highest BCUT2D eigenvalue weighted by Crippen LogP contribution is 2.32. The lowest BCUT2D eigenvalue weighted by molar-refractivity contribution is 0.615. The number of nitrogen functional groups attached to an aromatic ring is 2. The molecule has 0 amide bonds. The van der Waals surface area contributed by atoms with Crippen LogP contribution in [0.2, 0.25) is 0 Å². The van der Waals surface area contributed by atoms with Gasteiger partial charge in [-0.15, -0.1) is 0 Å². The fourth-order valence-corrected chi connectivity index (χ4v) is 3.11. The van der Waals surface area contributed by atoms with E-state index in [4.69, 9.17) is 11.5 Å². The minimum atomic E-state index is 0.0223. The molecule has 2 aromatic carbocycles. The number of hydrogen-bond acceptors (Lipinski definition) is 4. The predicted octanol–water partition coefficient (Wildman–Crippen LogP) is 3.41. The fraction of sp³-hybridized carbons (Fsp3) is 0.118. The van der Waals surface area contributed by atoms with Gasteiger partial charge in [-0.25, -0.2) is 4.98 Å². The Balaban J connectivity index is 2.17. The molecule has 0 spiro atoms. The molecule has 4 nitrogen and oxygen atoms in total. The van der Waals surface area contributed by atoms with Crippen LogP contribution in [-0.2, 0) is 0 Å². The second-order valence-corrected chi connectivity index (χ2v) is 5.80. The first-order valence-corrected chi connectivity index (χ1v) is 8.20. The summed E-state index contributed by atoms with van der Waals surface area (Å²) < 4.78 is 2.16. The summed E-state index contributed by atoms with van der Waals surface area (Å²) in [6.07, 6.45) is 5.84. The van der Waals surface area contributed by atoms with Crippen LogP contribution >= 0.6 is 11.8 Å². The molecule has 0 radical (unpaired) electrons. The van der Waals surface area contributed by atoms with Crippen LogP contribution < -0.4 is 11.5 Å². The highest BCUT2D eigenvalue weighted by atomic mass is 32.2. The molecule has 0 saturated heterocycles. The van der Waals surface area contributed by atoms with Crippen LogP contribution in [0.1, 0.15) is 17.2 Å². The number of aromatic nitrogens is 2. The van der Waals surface area contributed by atoms with Crippen molar-refractivity contribution >= 4 is 23.1 Å². The zero-order valence-electron chi connectivity index (χ0n) is 12.3. The van der Waals surface area contributed by atoms with Gasteiger partial charge in [0.25, 0.3) is 0 Å². The van der Waals surface area contributed by atoms with Crippen LogP contribution in [-0.4, -0.2) is 15.8 Å². The molecule has 0 aliphatic carbocycles. The van der Waals surface area contributed by atoms with Crippen molar-refractivity contribution in [2.45, 2.75) is 11.2 Å². The van der Waals surface area contributed by atoms with Gasteiger partial charge in [0.15, 0.2) is 5.16 Å². The van der Waals surface area contributed by atoms with Crippen LogP contribution in [0.3, 0.4) is 0 Å². The maximum Gasteiger partial charge on any atom is 0.168 e. The van der Waals surface area contributed by atoms with Gasteiger partial charge in [-0.05, 0) is 29.5 Å². The van der Waals surface area contributed by atoms with Crippen LogP contribution in [0.25, 0.3) is 0 Å². The molecule has 4 N–H and O–H groups in total. The van der Waals surface area contributed by atoms with Crippen molar-refractivity contribution in [1.29, 1.82) is 0 Å². The summed E-state index contributed by atoms with van der Waals surface area (Å²) in [6, 6.07) is 16.2. The normalized spacial score (nSPS) is 12.2. The Morgan fingerprint density at radius 3 is 2.45 bits per heavy atom. The monoisotopic (exact) mass is 310 g/mol. The highest BCUT2D eigenvalue weighted by Gasteiger charge is 2.19. The second kappa shape index (κ2) is 6.15. The third kappa shape index (κ3) is 2.67. The first-order chi connectivity index (χ1) is 10.7. The lowest BCUT2D eigenvalue weighted by Gasteiger charge is -2.22.